The zero-order valence-corrected chi connectivity index (χ0v) is 18.7. The molecule has 2 N–H and O–H groups in total. The Hall–Kier alpha value is -2.10. The summed E-state index contributed by atoms with van der Waals surface area (Å²) in [7, 11) is 1.97. The molecule has 3 aromatic heterocycles. The highest BCUT2D eigenvalue weighted by Crippen LogP contribution is 2.12. The number of aryl methyl sites for hydroxylation is 2. The summed E-state index contributed by atoms with van der Waals surface area (Å²) in [5.41, 5.74) is 5.43. The Morgan fingerprint density at radius 3 is 2.70 bits per heavy atom. The number of aliphatic imine (C=N–C) groups is 1. The first-order valence-corrected chi connectivity index (χ1v) is 9.02. The molecular weight excluding hydrogens is 453 g/mol. The molecule has 3 heterocycles. The van der Waals surface area contributed by atoms with E-state index in [2.05, 4.69) is 40.8 Å². The van der Waals surface area contributed by atoms with Crippen molar-refractivity contribution in [2.45, 2.75) is 33.7 Å². The van der Waals surface area contributed by atoms with Gasteiger partial charge in [-0.05, 0) is 32.9 Å². The van der Waals surface area contributed by atoms with E-state index < -0.39 is 0 Å². The molecule has 0 saturated heterocycles. The topological polar surface area (TPSA) is 71.5 Å². The van der Waals surface area contributed by atoms with Crippen LogP contribution in [-0.4, -0.2) is 38.2 Å². The second-order valence-corrected chi connectivity index (χ2v) is 6.34. The van der Waals surface area contributed by atoms with Crippen molar-refractivity contribution >= 4 is 35.6 Å². The molecule has 3 aromatic rings. The first-order chi connectivity index (χ1) is 12.6. The average Bonchev–Trinajstić information content (AvgIpc) is 3.13. The van der Waals surface area contributed by atoms with Crippen LogP contribution in [0.2, 0.25) is 0 Å². The molecule has 0 aliphatic carbocycles. The molecule has 0 unspecified atom stereocenters. The first kappa shape index (κ1) is 21.2. The standard InChI is InChI=1S/C19H27N7.HI/c1-5-20-19(22-12-17-14(2)24-25(4)15(17)3)21-10-9-16-13-26-11-7-6-8-18(26)23-16;/h6-8,11,13H,5,9-10,12H2,1-4H3,(H2,20,21,22);1H. The molecule has 0 atom stereocenters. The van der Waals surface area contributed by atoms with Crippen LogP contribution < -0.4 is 10.6 Å². The molecule has 0 fully saturated rings. The highest BCUT2D eigenvalue weighted by molar-refractivity contribution is 14.0. The predicted octanol–water partition coefficient (Wildman–Crippen LogP) is 2.60. The summed E-state index contributed by atoms with van der Waals surface area (Å²) in [6.07, 6.45) is 4.93. The number of nitrogens with one attached hydrogen (secondary N) is 2. The number of fused-ring (bicyclic) bond motifs is 1. The Kier molecular flexibility index (Phi) is 7.64. The highest BCUT2D eigenvalue weighted by Gasteiger charge is 2.09. The van der Waals surface area contributed by atoms with Gasteiger partial charge >= 0.3 is 0 Å². The van der Waals surface area contributed by atoms with Gasteiger partial charge in [-0.2, -0.15) is 5.10 Å². The monoisotopic (exact) mass is 481 g/mol. The third-order valence-electron chi connectivity index (χ3n) is 4.49. The summed E-state index contributed by atoms with van der Waals surface area (Å²) in [6, 6.07) is 6.03. The van der Waals surface area contributed by atoms with Crippen LogP contribution >= 0.6 is 24.0 Å². The lowest BCUT2D eigenvalue weighted by Crippen LogP contribution is -2.38. The largest absolute Gasteiger partial charge is 0.357 e. The predicted molar refractivity (Wildman–Crippen MR) is 120 cm³/mol. The molecule has 0 radical (unpaired) electrons. The molecule has 0 aliphatic heterocycles. The van der Waals surface area contributed by atoms with Crippen LogP contribution in [0.3, 0.4) is 0 Å². The van der Waals surface area contributed by atoms with Crippen molar-refractivity contribution in [2.24, 2.45) is 12.0 Å². The van der Waals surface area contributed by atoms with Crippen molar-refractivity contribution in [3.63, 3.8) is 0 Å². The highest BCUT2D eigenvalue weighted by atomic mass is 127. The van der Waals surface area contributed by atoms with E-state index in [-0.39, 0.29) is 24.0 Å². The van der Waals surface area contributed by atoms with E-state index >= 15 is 0 Å². The summed E-state index contributed by atoms with van der Waals surface area (Å²) >= 11 is 0. The van der Waals surface area contributed by atoms with E-state index in [1.165, 1.54) is 5.56 Å². The molecule has 8 heteroatoms. The number of nitrogens with zero attached hydrogens (tertiary/aromatic N) is 5. The average molecular weight is 481 g/mol. The summed E-state index contributed by atoms with van der Waals surface area (Å²) in [6.45, 7) is 8.40. The van der Waals surface area contributed by atoms with Gasteiger partial charge in [0.05, 0.1) is 17.9 Å². The van der Waals surface area contributed by atoms with Crippen molar-refractivity contribution in [1.82, 2.24) is 29.8 Å². The molecule has 146 valence electrons. The molecule has 0 bridgehead atoms. The van der Waals surface area contributed by atoms with Crippen LogP contribution in [-0.2, 0) is 20.0 Å². The molecule has 0 amide bonds. The lowest BCUT2D eigenvalue weighted by Gasteiger charge is -2.10. The van der Waals surface area contributed by atoms with Gasteiger partial charge in [0.15, 0.2) is 5.96 Å². The Morgan fingerprint density at radius 1 is 1.22 bits per heavy atom. The van der Waals surface area contributed by atoms with Crippen LogP contribution in [0.15, 0.2) is 35.6 Å². The fourth-order valence-corrected chi connectivity index (χ4v) is 2.96. The zero-order valence-electron chi connectivity index (χ0n) is 16.4. The quantitative estimate of drug-likeness (QED) is 0.323. The zero-order chi connectivity index (χ0) is 18.5. The maximum absolute atomic E-state index is 4.71. The summed E-state index contributed by atoms with van der Waals surface area (Å²) < 4.78 is 3.95. The second-order valence-electron chi connectivity index (χ2n) is 6.34. The molecule has 0 spiro atoms. The van der Waals surface area contributed by atoms with Gasteiger partial charge in [0.2, 0.25) is 0 Å². The van der Waals surface area contributed by atoms with Crippen molar-refractivity contribution in [3.05, 3.63) is 53.2 Å². The van der Waals surface area contributed by atoms with Gasteiger partial charge in [-0.15, -0.1) is 24.0 Å². The number of rotatable bonds is 6. The van der Waals surface area contributed by atoms with Crippen LogP contribution in [0.1, 0.15) is 29.6 Å². The number of guanidine groups is 1. The Morgan fingerprint density at radius 2 is 2.04 bits per heavy atom. The second kappa shape index (κ2) is 9.72. The summed E-state index contributed by atoms with van der Waals surface area (Å²) in [4.78, 5) is 9.33. The van der Waals surface area contributed by atoms with E-state index in [1.807, 2.05) is 47.4 Å². The molecule has 0 aliphatic rings. The lowest BCUT2D eigenvalue weighted by atomic mass is 10.2. The molecule has 3 rings (SSSR count). The van der Waals surface area contributed by atoms with Crippen molar-refractivity contribution in [1.29, 1.82) is 0 Å². The van der Waals surface area contributed by atoms with Gasteiger partial charge < -0.3 is 15.0 Å². The third kappa shape index (κ3) is 5.21. The van der Waals surface area contributed by atoms with Crippen LogP contribution in [0, 0.1) is 13.8 Å². The van der Waals surface area contributed by atoms with Gasteiger partial charge in [0, 0.05) is 50.2 Å². The minimum Gasteiger partial charge on any atom is -0.357 e. The van der Waals surface area contributed by atoms with E-state index in [0.717, 1.165) is 48.2 Å². The normalized spacial score (nSPS) is 11.5. The van der Waals surface area contributed by atoms with Crippen molar-refractivity contribution in [3.8, 4) is 0 Å². The number of aromatic nitrogens is 4. The van der Waals surface area contributed by atoms with E-state index in [9.17, 15) is 0 Å². The fourth-order valence-electron chi connectivity index (χ4n) is 2.96. The summed E-state index contributed by atoms with van der Waals surface area (Å²) in [5.74, 6) is 0.818. The fraction of sp³-hybridized carbons (Fsp3) is 0.421. The van der Waals surface area contributed by atoms with Crippen molar-refractivity contribution in [2.75, 3.05) is 13.1 Å². The van der Waals surface area contributed by atoms with Gasteiger partial charge in [-0.1, -0.05) is 6.07 Å². The Balaban J connectivity index is 0.00000261. The lowest BCUT2D eigenvalue weighted by molar-refractivity contribution is 0.729. The third-order valence-corrected chi connectivity index (χ3v) is 4.49. The Bertz CT molecular complexity index is 877. The summed E-state index contributed by atoms with van der Waals surface area (Å²) in [5, 5.41) is 11.1. The first-order valence-electron chi connectivity index (χ1n) is 9.02. The van der Waals surface area contributed by atoms with E-state index in [1.54, 1.807) is 0 Å². The van der Waals surface area contributed by atoms with Gasteiger partial charge in [0.25, 0.3) is 0 Å². The number of pyridine rings is 1. The van der Waals surface area contributed by atoms with Crippen LogP contribution in [0.5, 0.6) is 0 Å². The molecule has 7 nitrogen and oxygen atoms in total. The van der Waals surface area contributed by atoms with Crippen molar-refractivity contribution < 1.29 is 0 Å². The maximum atomic E-state index is 4.71. The molecular formula is C19H28IN7. The smallest absolute Gasteiger partial charge is 0.191 e. The van der Waals surface area contributed by atoms with Gasteiger partial charge in [0.1, 0.15) is 5.65 Å². The Labute approximate surface area is 177 Å². The van der Waals surface area contributed by atoms with E-state index in [4.69, 9.17) is 4.99 Å². The number of hydrogen-bond donors (Lipinski definition) is 2. The minimum atomic E-state index is 0. The van der Waals surface area contributed by atoms with Gasteiger partial charge in [-0.25, -0.2) is 9.98 Å². The number of imidazole rings is 1. The van der Waals surface area contributed by atoms with E-state index in [0.29, 0.717) is 6.54 Å². The molecule has 0 aromatic carbocycles. The van der Waals surface area contributed by atoms with Gasteiger partial charge in [-0.3, -0.25) is 4.68 Å². The maximum Gasteiger partial charge on any atom is 0.191 e. The van der Waals surface area contributed by atoms with Crippen LogP contribution in [0.4, 0.5) is 0 Å². The SMILES string of the molecule is CCNC(=NCc1c(C)nn(C)c1C)NCCc1cn2ccccc2n1.I. The van der Waals surface area contributed by atoms with Crippen LogP contribution in [0.25, 0.3) is 5.65 Å². The number of halogens is 1. The minimum absolute atomic E-state index is 0. The number of hydrogen-bond acceptors (Lipinski definition) is 3. The molecule has 0 saturated carbocycles. The molecule has 27 heavy (non-hydrogen) atoms.